The van der Waals surface area contributed by atoms with Crippen molar-refractivity contribution in [3.63, 3.8) is 0 Å². The molecule has 0 aliphatic heterocycles. The summed E-state index contributed by atoms with van der Waals surface area (Å²) in [6.45, 7) is 0. The molecule has 4 aromatic rings. The Labute approximate surface area is 138 Å². The fraction of sp³-hybridized carbons (Fsp3) is 0.0500. The van der Waals surface area contributed by atoms with E-state index in [4.69, 9.17) is 4.42 Å². The molecule has 4 heteroatoms. The molecule has 0 saturated carbocycles. The summed E-state index contributed by atoms with van der Waals surface area (Å²) < 4.78 is 5.54. The van der Waals surface area contributed by atoms with Crippen molar-refractivity contribution in [1.29, 1.82) is 0 Å². The van der Waals surface area contributed by atoms with Gasteiger partial charge >= 0.3 is 0 Å². The molecular weight excluding hydrogens is 298 g/mol. The van der Waals surface area contributed by atoms with Gasteiger partial charge in [0.05, 0.1) is 6.26 Å². The lowest BCUT2D eigenvalue weighted by Gasteiger charge is -2.10. The van der Waals surface area contributed by atoms with Crippen LogP contribution in [-0.4, -0.2) is 15.0 Å². The zero-order valence-corrected chi connectivity index (χ0v) is 12.8. The molecule has 1 aliphatic rings. The Morgan fingerprint density at radius 2 is 2.00 bits per heavy atom. The van der Waals surface area contributed by atoms with E-state index in [1.165, 1.54) is 16.7 Å². The van der Waals surface area contributed by atoms with Crippen molar-refractivity contribution in [1.82, 2.24) is 15.0 Å². The lowest BCUT2D eigenvalue weighted by molar-refractivity contribution is 0.580. The van der Waals surface area contributed by atoms with Gasteiger partial charge in [-0.05, 0) is 65.1 Å². The molecule has 0 atom stereocenters. The maximum atomic E-state index is 5.54. The van der Waals surface area contributed by atoms with Gasteiger partial charge in [-0.25, -0.2) is 9.97 Å². The Bertz CT molecular complexity index is 1080. The summed E-state index contributed by atoms with van der Waals surface area (Å²) in [4.78, 5) is 13.3. The third-order valence-electron chi connectivity index (χ3n) is 4.37. The largest absolute Gasteiger partial charge is 0.463 e. The number of nitrogens with zero attached hydrogens (tertiary/aromatic N) is 3. The number of aromatic nitrogens is 3. The second kappa shape index (κ2) is 5.13. The molecule has 0 unspecified atom stereocenters. The molecule has 0 amide bonds. The Kier molecular flexibility index (Phi) is 2.82. The Balaban J connectivity index is 1.79. The van der Waals surface area contributed by atoms with Gasteiger partial charge < -0.3 is 4.42 Å². The van der Waals surface area contributed by atoms with Crippen LogP contribution in [0.1, 0.15) is 16.7 Å². The average Bonchev–Trinajstić information content (AvgIpc) is 3.31. The van der Waals surface area contributed by atoms with Crippen LogP contribution >= 0.6 is 0 Å². The maximum Gasteiger partial charge on any atom is 0.160 e. The summed E-state index contributed by atoms with van der Waals surface area (Å²) in [6.07, 6.45) is 10.4. The van der Waals surface area contributed by atoms with E-state index in [0.717, 1.165) is 34.5 Å². The van der Waals surface area contributed by atoms with Gasteiger partial charge in [-0.2, -0.15) is 0 Å². The lowest BCUT2D eigenvalue weighted by Crippen LogP contribution is -1.95. The number of pyridine rings is 3. The molecule has 0 radical (unpaired) electrons. The number of furan rings is 1. The summed E-state index contributed by atoms with van der Waals surface area (Å²) >= 11 is 0. The molecule has 0 spiro atoms. The highest BCUT2D eigenvalue weighted by Gasteiger charge is 2.19. The lowest BCUT2D eigenvalue weighted by atomic mass is 9.97. The summed E-state index contributed by atoms with van der Waals surface area (Å²) in [7, 11) is 0. The quantitative estimate of drug-likeness (QED) is 0.554. The third-order valence-corrected chi connectivity index (χ3v) is 4.37. The number of allylic oxidation sites excluding steroid dienone is 1. The predicted molar refractivity (Wildman–Crippen MR) is 92.3 cm³/mol. The summed E-state index contributed by atoms with van der Waals surface area (Å²) in [5.41, 5.74) is 6.34. The summed E-state index contributed by atoms with van der Waals surface area (Å²) in [6, 6.07) is 12.0. The smallest absolute Gasteiger partial charge is 0.160 e. The molecular formula is C20H13N3O. The van der Waals surface area contributed by atoms with Gasteiger partial charge in [0, 0.05) is 24.0 Å². The zero-order valence-electron chi connectivity index (χ0n) is 12.8. The zero-order chi connectivity index (χ0) is 15.9. The van der Waals surface area contributed by atoms with Crippen molar-refractivity contribution in [2.45, 2.75) is 6.42 Å². The summed E-state index contributed by atoms with van der Waals surface area (Å²) in [5.74, 6) is 0.748. The van der Waals surface area contributed by atoms with E-state index in [9.17, 15) is 0 Å². The maximum absolute atomic E-state index is 5.54. The van der Waals surface area contributed by atoms with E-state index < -0.39 is 0 Å². The molecule has 0 fully saturated rings. The molecule has 114 valence electrons. The highest BCUT2D eigenvalue weighted by molar-refractivity contribution is 5.98. The standard InChI is InChI=1S/C20H13N3O/c1-3-16-17(15-6-5-13-12-21-9-7-14(13)15)11-18(19-4-2-10-24-19)23-20(16)22-8-1/h1-4,6-12H,5H2. The molecule has 4 nitrogen and oxygen atoms in total. The summed E-state index contributed by atoms with van der Waals surface area (Å²) in [5, 5.41) is 1.05. The number of hydrogen-bond donors (Lipinski definition) is 0. The number of fused-ring (bicyclic) bond motifs is 2. The average molecular weight is 311 g/mol. The molecule has 0 saturated heterocycles. The van der Waals surface area contributed by atoms with Crippen LogP contribution < -0.4 is 0 Å². The van der Waals surface area contributed by atoms with Crippen molar-refractivity contribution in [2.24, 2.45) is 0 Å². The molecule has 24 heavy (non-hydrogen) atoms. The molecule has 0 bridgehead atoms. The second-order valence-electron chi connectivity index (χ2n) is 5.76. The highest BCUT2D eigenvalue weighted by atomic mass is 16.3. The topological polar surface area (TPSA) is 51.8 Å². The van der Waals surface area contributed by atoms with Crippen LogP contribution in [0.4, 0.5) is 0 Å². The van der Waals surface area contributed by atoms with Crippen LogP contribution in [0.2, 0.25) is 0 Å². The first-order valence-corrected chi connectivity index (χ1v) is 7.83. The second-order valence-corrected chi connectivity index (χ2v) is 5.76. The normalized spacial score (nSPS) is 13.1. The molecule has 4 heterocycles. The van der Waals surface area contributed by atoms with Crippen LogP contribution in [0.5, 0.6) is 0 Å². The van der Waals surface area contributed by atoms with Crippen molar-refractivity contribution in [2.75, 3.05) is 0 Å². The van der Waals surface area contributed by atoms with Gasteiger partial charge in [-0.3, -0.25) is 4.98 Å². The third kappa shape index (κ3) is 1.97. The van der Waals surface area contributed by atoms with E-state index >= 15 is 0 Å². The Morgan fingerprint density at radius 1 is 1.00 bits per heavy atom. The molecule has 5 rings (SSSR count). The molecule has 0 aromatic carbocycles. The van der Waals surface area contributed by atoms with Crippen molar-refractivity contribution < 1.29 is 4.42 Å². The fourth-order valence-corrected chi connectivity index (χ4v) is 3.26. The molecule has 4 aromatic heterocycles. The fourth-order valence-electron chi connectivity index (χ4n) is 3.26. The van der Waals surface area contributed by atoms with Gasteiger partial charge in [-0.1, -0.05) is 6.08 Å². The van der Waals surface area contributed by atoms with Crippen LogP contribution in [0.3, 0.4) is 0 Å². The van der Waals surface area contributed by atoms with Gasteiger partial charge in [0.1, 0.15) is 5.69 Å². The van der Waals surface area contributed by atoms with Gasteiger partial charge in [0.2, 0.25) is 0 Å². The monoisotopic (exact) mass is 311 g/mol. The predicted octanol–water partition coefficient (Wildman–Crippen LogP) is 4.27. The molecule has 1 aliphatic carbocycles. The van der Waals surface area contributed by atoms with Crippen molar-refractivity contribution in [3.05, 3.63) is 84.0 Å². The Morgan fingerprint density at radius 3 is 2.92 bits per heavy atom. The SMILES string of the molecule is C1=C(c2cc(-c3ccco3)nc3ncccc23)c2ccncc2C1. The van der Waals surface area contributed by atoms with Crippen molar-refractivity contribution in [3.8, 4) is 11.5 Å². The number of hydrogen-bond acceptors (Lipinski definition) is 4. The van der Waals surface area contributed by atoms with E-state index in [-0.39, 0.29) is 0 Å². The first-order chi connectivity index (χ1) is 11.9. The van der Waals surface area contributed by atoms with Crippen LogP contribution in [-0.2, 0) is 6.42 Å². The van der Waals surface area contributed by atoms with E-state index in [0.29, 0.717) is 0 Å². The van der Waals surface area contributed by atoms with E-state index in [1.807, 2.05) is 30.6 Å². The molecule has 0 N–H and O–H groups in total. The van der Waals surface area contributed by atoms with Crippen molar-refractivity contribution >= 4 is 16.6 Å². The van der Waals surface area contributed by atoms with E-state index in [1.54, 1.807) is 12.5 Å². The van der Waals surface area contributed by atoms with Crippen LogP contribution in [0.25, 0.3) is 28.1 Å². The minimum absolute atomic E-state index is 0.727. The van der Waals surface area contributed by atoms with Gasteiger partial charge in [0.25, 0.3) is 0 Å². The number of rotatable bonds is 2. The van der Waals surface area contributed by atoms with Gasteiger partial charge in [-0.15, -0.1) is 0 Å². The first kappa shape index (κ1) is 13.2. The minimum Gasteiger partial charge on any atom is -0.463 e. The van der Waals surface area contributed by atoms with Gasteiger partial charge in [0.15, 0.2) is 11.4 Å². The van der Waals surface area contributed by atoms with E-state index in [2.05, 4.69) is 39.2 Å². The Hall–Kier alpha value is -3.27. The first-order valence-electron chi connectivity index (χ1n) is 7.83. The highest BCUT2D eigenvalue weighted by Crippen LogP contribution is 2.36. The van der Waals surface area contributed by atoms with Crippen LogP contribution in [0, 0.1) is 0 Å². The van der Waals surface area contributed by atoms with Crippen LogP contribution in [0.15, 0.2) is 71.7 Å². The minimum atomic E-state index is 0.727.